The average Bonchev–Trinajstić information content (AvgIpc) is 2.45. The highest BCUT2D eigenvalue weighted by atomic mass is 16.5. The molecule has 0 bridgehead atoms. The molecule has 0 saturated heterocycles. The Labute approximate surface area is 119 Å². The van der Waals surface area contributed by atoms with Crippen LogP contribution in [0.25, 0.3) is 0 Å². The van der Waals surface area contributed by atoms with Gasteiger partial charge in [0.1, 0.15) is 12.9 Å². The molecule has 0 atom stereocenters. The number of hydrogen-bond donors (Lipinski definition) is 0. The fourth-order valence-electron chi connectivity index (χ4n) is 1.81. The standard InChI is InChI=1S/C16H20N2O2/c1-16(2,3)13-7-5-12(6-8-13)10-20-15-14(19-4)9-17-11-18-15/h5-9,11H,10H2,1-4H3. The van der Waals surface area contributed by atoms with Gasteiger partial charge in [-0.25, -0.2) is 4.98 Å². The number of benzene rings is 1. The molecule has 0 saturated carbocycles. The smallest absolute Gasteiger partial charge is 0.260 e. The van der Waals surface area contributed by atoms with E-state index in [0.717, 1.165) is 5.56 Å². The normalized spacial score (nSPS) is 11.2. The van der Waals surface area contributed by atoms with Crippen molar-refractivity contribution in [2.45, 2.75) is 32.8 Å². The molecule has 4 heteroatoms. The summed E-state index contributed by atoms with van der Waals surface area (Å²) in [5.74, 6) is 1.00. The number of ether oxygens (including phenoxy) is 2. The molecule has 2 aromatic rings. The molecule has 0 amide bonds. The second-order valence-corrected chi connectivity index (χ2v) is 5.63. The largest absolute Gasteiger partial charge is 0.490 e. The van der Waals surface area contributed by atoms with Crippen molar-refractivity contribution in [3.05, 3.63) is 47.9 Å². The summed E-state index contributed by atoms with van der Waals surface area (Å²) < 4.78 is 10.8. The van der Waals surface area contributed by atoms with Crippen LogP contribution < -0.4 is 9.47 Å². The third-order valence-electron chi connectivity index (χ3n) is 3.06. The second kappa shape index (κ2) is 5.90. The number of nitrogens with zero attached hydrogens (tertiary/aromatic N) is 2. The summed E-state index contributed by atoms with van der Waals surface area (Å²) in [6, 6.07) is 8.42. The molecule has 0 radical (unpaired) electrons. The zero-order valence-corrected chi connectivity index (χ0v) is 12.4. The fourth-order valence-corrected chi connectivity index (χ4v) is 1.81. The molecule has 0 spiro atoms. The predicted molar refractivity (Wildman–Crippen MR) is 78.1 cm³/mol. The maximum Gasteiger partial charge on any atom is 0.260 e. The SMILES string of the molecule is COc1cncnc1OCc1ccc(C(C)(C)C)cc1. The van der Waals surface area contributed by atoms with E-state index in [1.165, 1.54) is 11.9 Å². The molecule has 4 nitrogen and oxygen atoms in total. The second-order valence-electron chi connectivity index (χ2n) is 5.63. The quantitative estimate of drug-likeness (QED) is 0.856. The van der Waals surface area contributed by atoms with Crippen molar-refractivity contribution in [3.8, 4) is 11.6 Å². The summed E-state index contributed by atoms with van der Waals surface area (Å²) in [6.07, 6.45) is 3.03. The van der Waals surface area contributed by atoms with Crippen LogP contribution in [0, 0.1) is 0 Å². The maximum atomic E-state index is 5.66. The molecule has 2 rings (SSSR count). The molecule has 0 aliphatic heterocycles. The van der Waals surface area contributed by atoms with Crippen molar-refractivity contribution in [3.63, 3.8) is 0 Å². The molecule has 1 heterocycles. The highest BCUT2D eigenvalue weighted by molar-refractivity contribution is 5.31. The van der Waals surface area contributed by atoms with Crippen molar-refractivity contribution in [1.29, 1.82) is 0 Å². The van der Waals surface area contributed by atoms with Gasteiger partial charge >= 0.3 is 0 Å². The highest BCUT2D eigenvalue weighted by Gasteiger charge is 2.13. The van der Waals surface area contributed by atoms with E-state index in [1.54, 1.807) is 13.3 Å². The lowest BCUT2D eigenvalue weighted by atomic mass is 9.87. The Bertz CT molecular complexity index is 559. The van der Waals surface area contributed by atoms with Crippen molar-refractivity contribution >= 4 is 0 Å². The van der Waals surface area contributed by atoms with Crippen LogP contribution in [0.15, 0.2) is 36.8 Å². The summed E-state index contributed by atoms with van der Waals surface area (Å²) in [5, 5.41) is 0. The first-order valence-corrected chi connectivity index (χ1v) is 6.57. The lowest BCUT2D eigenvalue weighted by molar-refractivity contribution is 0.271. The molecule has 1 aromatic carbocycles. The predicted octanol–water partition coefficient (Wildman–Crippen LogP) is 3.36. The Morgan fingerprint density at radius 1 is 1.10 bits per heavy atom. The number of rotatable bonds is 4. The van der Waals surface area contributed by atoms with E-state index in [4.69, 9.17) is 9.47 Å². The van der Waals surface area contributed by atoms with Gasteiger partial charge in [0.2, 0.25) is 0 Å². The van der Waals surface area contributed by atoms with Crippen molar-refractivity contribution in [1.82, 2.24) is 9.97 Å². The molecule has 0 fully saturated rings. The van der Waals surface area contributed by atoms with E-state index in [2.05, 4.69) is 55.0 Å². The first-order chi connectivity index (χ1) is 9.50. The Morgan fingerprint density at radius 3 is 2.40 bits per heavy atom. The summed E-state index contributed by atoms with van der Waals surface area (Å²) in [4.78, 5) is 7.96. The minimum absolute atomic E-state index is 0.162. The Hall–Kier alpha value is -2.10. The molecule has 0 N–H and O–H groups in total. The molecule has 0 aliphatic carbocycles. The Balaban J connectivity index is 2.04. The van der Waals surface area contributed by atoms with Gasteiger partial charge in [0.05, 0.1) is 13.3 Å². The molecule has 1 aromatic heterocycles. The molecule has 0 aliphatic rings. The lowest BCUT2D eigenvalue weighted by Crippen LogP contribution is -2.10. The van der Waals surface area contributed by atoms with Gasteiger partial charge in [0, 0.05) is 0 Å². The van der Waals surface area contributed by atoms with Gasteiger partial charge in [-0.05, 0) is 16.5 Å². The zero-order valence-electron chi connectivity index (χ0n) is 12.4. The fraction of sp³-hybridized carbons (Fsp3) is 0.375. The van der Waals surface area contributed by atoms with Gasteiger partial charge in [-0.2, -0.15) is 4.98 Å². The van der Waals surface area contributed by atoms with Gasteiger partial charge in [-0.1, -0.05) is 45.0 Å². The molecular weight excluding hydrogens is 252 g/mol. The summed E-state index contributed by atoms with van der Waals surface area (Å²) >= 11 is 0. The van der Waals surface area contributed by atoms with E-state index >= 15 is 0 Å². The minimum Gasteiger partial charge on any atom is -0.490 e. The number of hydrogen-bond acceptors (Lipinski definition) is 4. The Morgan fingerprint density at radius 2 is 1.80 bits per heavy atom. The van der Waals surface area contributed by atoms with Crippen LogP contribution >= 0.6 is 0 Å². The van der Waals surface area contributed by atoms with E-state index in [1.807, 2.05) is 0 Å². The van der Waals surface area contributed by atoms with Crippen LogP contribution in [0.5, 0.6) is 11.6 Å². The van der Waals surface area contributed by atoms with Crippen LogP contribution in [0.3, 0.4) is 0 Å². The van der Waals surface area contributed by atoms with Gasteiger partial charge in [0.15, 0.2) is 5.75 Å². The van der Waals surface area contributed by atoms with Crippen LogP contribution in [-0.2, 0) is 12.0 Å². The third kappa shape index (κ3) is 3.47. The maximum absolute atomic E-state index is 5.66. The van der Waals surface area contributed by atoms with Gasteiger partial charge in [-0.3, -0.25) is 0 Å². The van der Waals surface area contributed by atoms with Gasteiger partial charge < -0.3 is 9.47 Å². The topological polar surface area (TPSA) is 44.2 Å². The molecular formula is C16H20N2O2. The lowest BCUT2D eigenvalue weighted by Gasteiger charge is -2.19. The molecule has 0 unspecified atom stereocenters. The van der Waals surface area contributed by atoms with Crippen molar-refractivity contribution in [2.24, 2.45) is 0 Å². The monoisotopic (exact) mass is 272 g/mol. The molecule has 106 valence electrons. The van der Waals surface area contributed by atoms with Crippen LogP contribution in [0.1, 0.15) is 31.9 Å². The molecule has 20 heavy (non-hydrogen) atoms. The highest BCUT2D eigenvalue weighted by Crippen LogP contribution is 2.24. The summed E-state index contributed by atoms with van der Waals surface area (Å²) in [5.41, 5.74) is 2.56. The first kappa shape index (κ1) is 14.3. The van der Waals surface area contributed by atoms with Gasteiger partial charge in [-0.15, -0.1) is 0 Å². The summed E-state index contributed by atoms with van der Waals surface area (Å²) in [6.45, 7) is 7.05. The minimum atomic E-state index is 0.162. The van der Waals surface area contributed by atoms with E-state index < -0.39 is 0 Å². The third-order valence-corrected chi connectivity index (χ3v) is 3.06. The van der Waals surface area contributed by atoms with Crippen molar-refractivity contribution in [2.75, 3.05) is 7.11 Å². The first-order valence-electron chi connectivity index (χ1n) is 6.57. The zero-order chi connectivity index (χ0) is 14.6. The number of methoxy groups -OCH3 is 1. The van der Waals surface area contributed by atoms with E-state index in [0.29, 0.717) is 18.2 Å². The van der Waals surface area contributed by atoms with Crippen LogP contribution in [0.2, 0.25) is 0 Å². The van der Waals surface area contributed by atoms with Crippen LogP contribution in [-0.4, -0.2) is 17.1 Å². The van der Waals surface area contributed by atoms with Gasteiger partial charge in [0.25, 0.3) is 5.88 Å². The van der Waals surface area contributed by atoms with Crippen molar-refractivity contribution < 1.29 is 9.47 Å². The average molecular weight is 272 g/mol. The Kier molecular flexibility index (Phi) is 4.23. The van der Waals surface area contributed by atoms with E-state index in [-0.39, 0.29) is 5.41 Å². The number of aromatic nitrogens is 2. The van der Waals surface area contributed by atoms with E-state index in [9.17, 15) is 0 Å². The summed E-state index contributed by atoms with van der Waals surface area (Å²) in [7, 11) is 1.57. The van der Waals surface area contributed by atoms with Crippen LogP contribution in [0.4, 0.5) is 0 Å².